The van der Waals surface area contributed by atoms with Gasteiger partial charge in [-0.05, 0) is 31.0 Å². The number of rotatable bonds is 6. The maximum Gasteiger partial charge on any atom is 0.225 e. The van der Waals surface area contributed by atoms with E-state index in [0.29, 0.717) is 30.3 Å². The highest BCUT2D eigenvalue weighted by Gasteiger charge is 2.18. The van der Waals surface area contributed by atoms with Crippen molar-refractivity contribution in [1.29, 1.82) is 0 Å². The van der Waals surface area contributed by atoms with E-state index in [0.717, 1.165) is 23.1 Å². The van der Waals surface area contributed by atoms with Gasteiger partial charge < -0.3 is 10.5 Å². The number of nitrogens with two attached hydrogens (primary N) is 1. The van der Waals surface area contributed by atoms with Gasteiger partial charge in [-0.15, -0.1) is 5.10 Å². The Bertz CT molecular complexity index is 1320. The molecular formula is C22H21N7O. The zero-order valence-corrected chi connectivity index (χ0v) is 16.6. The molecule has 0 saturated heterocycles. The van der Waals surface area contributed by atoms with Crippen LogP contribution in [0.15, 0.2) is 60.8 Å². The van der Waals surface area contributed by atoms with Crippen molar-refractivity contribution >= 4 is 22.6 Å². The molecule has 5 aromatic rings. The summed E-state index contributed by atoms with van der Waals surface area (Å²) >= 11 is 0. The summed E-state index contributed by atoms with van der Waals surface area (Å²) in [6, 6.07) is 18.0. The highest BCUT2D eigenvalue weighted by Crippen LogP contribution is 2.29. The van der Waals surface area contributed by atoms with E-state index in [1.54, 1.807) is 10.7 Å². The van der Waals surface area contributed by atoms with E-state index >= 15 is 0 Å². The minimum Gasteiger partial charge on any atom is -0.493 e. The van der Waals surface area contributed by atoms with Gasteiger partial charge >= 0.3 is 0 Å². The maximum atomic E-state index is 6.22. The van der Waals surface area contributed by atoms with Crippen molar-refractivity contribution in [2.75, 3.05) is 12.3 Å². The molecule has 2 N–H and O–H groups in total. The highest BCUT2D eigenvalue weighted by atomic mass is 16.5. The van der Waals surface area contributed by atoms with E-state index in [1.807, 2.05) is 54.1 Å². The number of ether oxygens (including phenoxy) is 1. The lowest BCUT2D eigenvalue weighted by molar-refractivity contribution is 0.341. The summed E-state index contributed by atoms with van der Waals surface area (Å²) in [4.78, 5) is 9.29. The number of fused-ring (bicyclic) bond motifs is 3. The summed E-state index contributed by atoms with van der Waals surface area (Å²) in [5.74, 6) is 1.54. The van der Waals surface area contributed by atoms with Crippen LogP contribution in [0.4, 0.5) is 5.95 Å². The Labute approximate surface area is 172 Å². The molecule has 8 nitrogen and oxygen atoms in total. The van der Waals surface area contributed by atoms with E-state index in [2.05, 4.69) is 27.3 Å². The Hall–Kier alpha value is -3.94. The second kappa shape index (κ2) is 7.47. The molecule has 0 aliphatic heterocycles. The molecule has 8 heteroatoms. The van der Waals surface area contributed by atoms with Crippen molar-refractivity contribution in [3.63, 3.8) is 0 Å². The van der Waals surface area contributed by atoms with Crippen LogP contribution in [0, 0.1) is 0 Å². The Morgan fingerprint density at radius 2 is 1.77 bits per heavy atom. The Morgan fingerprint density at radius 3 is 2.60 bits per heavy atom. The fourth-order valence-corrected chi connectivity index (χ4v) is 3.55. The zero-order chi connectivity index (χ0) is 20.5. The van der Waals surface area contributed by atoms with Crippen LogP contribution in [0.3, 0.4) is 0 Å². The fourth-order valence-electron chi connectivity index (χ4n) is 3.55. The van der Waals surface area contributed by atoms with Crippen molar-refractivity contribution in [2.45, 2.75) is 19.9 Å². The van der Waals surface area contributed by atoms with E-state index < -0.39 is 0 Å². The van der Waals surface area contributed by atoms with Crippen molar-refractivity contribution in [3.05, 3.63) is 66.4 Å². The summed E-state index contributed by atoms with van der Waals surface area (Å²) in [7, 11) is 0. The van der Waals surface area contributed by atoms with E-state index in [9.17, 15) is 0 Å². The summed E-state index contributed by atoms with van der Waals surface area (Å²) in [5, 5.41) is 9.91. The van der Waals surface area contributed by atoms with Gasteiger partial charge in [-0.3, -0.25) is 0 Å². The number of aryl methyl sites for hydroxylation is 2. The van der Waals surface area contributed by atoms with Crippen LogP contribution in [0.2, 0.25) is 0 Å². The lowest BCUT2D eigenvalue weighted by Crippen LogP contribution is -2.07. The molecule has 0 fully saturated rings. The SMILES string of the molecule is CCOc1ccccc1-c1nc2c3cnn(CCc4ccccc4)c3nc(N)n2n1. The standard InChI is InChI=1S/C22H21N7O/c1-2-30-18-11-7-6-10-16(18)19-25-21-17-14-24-28(13-12-15-8-4-3-5-9-15)20(17)26-22(23)29(21)27-19/h3-11,14H,2,12-13H2,1H3,(H2,23,26). The summed E-state index contributed by atoms with van der Waals surface area (Å²) < 4.78 is 9.15. The van der Waals surface area contributed by atoms with Crippen LogP contribution >= 0.6 is 0 Å². The molecule has 0 radical (unpaired) electrons. The lowest BCUT2D eigenvalue weighted by Gasteiger charge is -2.06. The summed E-state index contributed by atoms with van der Waals surface area (Å²) in [6.45, 7) is 3.21. The van der Waals surface area contributed by atoms with Gasteiger partial charge in [0.2, 0.25) is 5.95 Å². The van der Waals surface area contributed by atoms with Crippen molar-refractivity contribution in [1.82, 2.24) is 29.4 Å². The third-order valence-electron chi connectivity index (χ3n) is 4.98. The van der Waals surface area contributed by atoms with E-state index in [1.165, 1.54) is 5.56 Å². The summed E-state index contributed by atoms with van der Waals surface area (Å²) in [6.07, 6.45) is 2.62. The molecule has 0 aliphatic carbocycles. The first-order valence-electron chi connectivity index (χ1n) is 9.88. The van der Waals surface area contributed by atoms with Crippen LogP contribution in [0.25, 0.3) is 28.1 Å². The smallest absolute Gasteiger partial charge is 0.225 e. The monoisotopic (exact) mass is 399 g/mol. The average Bonchev–Trinajstić information content (AvgIpc) is 3.38. The largest absolute Gasteiger partial charge is 0.493 e. The molecule has 0 aliphatic rings. The minimum atomic E-state index is 0.270. The third kappa shape index (κ3) is 3.12. The van der Waals surface area contributed by atoms with Gasteiger partial charge in [0.1, 0.15) is 5.75 Å². The molecule has 0 atom stereocenters. The number of nitrogens with zero attached hydrogens (tertiary/aromatic N) is 6. The molecule has 0 unspecified atom stereocenters. The van der Waals surface area contributed by atoms with Crippen LogP contribution in [-0.4, -0.2) is 36.0 Å². The summed E-state index contributed by atoms with van der Waals surface area (Å²) in [5.41, 5.74) is 9.61. The maximum absolute atomic E-state index is 6.22. The van der Waals surface area contributed by atoms with Crippen LogP contribution < -0.4 is 10.5 Å². The molecule has 0 saturated carbocycles. The fraction of sp³-hybridized carbons (Fsp3) is 0.182. The van der Waals surface area contributed by atoms with Gasteiger partial charge in [0.25, 0.3) is 0 Å². The average molecular weight is 399 g/mol. The lowest BCUT2D eigenvalue weighted by atomic mass is 10.1. The normalized spacial score (nSPS) is 11.4. The van der Waals surface area contributed by atoms with Gasteiger partial charge in [0, 0.05) is 6.54 Å². The number of nitrogen functional groups attached to an aromatic ring is 1. The highest BCUT2D eigenvalue weighted by molar-refractivity contribution is 5.90. The van der Waals surface area contributed by atoms with Gasteiger partial charge in [-0.2, -0.15) is 14.6 Å². The van der Waals surface area contributed by atoms with Gasteiger partial charge in [-0.25, -0.2) is 9.67 Å². The number of hydrogen-bond donors (Lipinski definition) is 1. The first-order chi connectivity index (χ1) is 14.7. The quantitative estimate of drug-likeness (QED) is 0.470. The first kappa shape index (κ1) is 18.1. The zero-order valence-electron chi connectivity index (χ0n) is 16.6. The molecular weight excluding hydrogens is 378 g/mol. The molecule has 0 amide bonds. The predicted molar refractivity (Wildman–Crippen MR) is 115 cm³/mol. The van der Waals surface area contributed by atoms with Crippen LogP contribution in [-0.2, 0) is 13.0 Å². The number of hydrogen-bond acceptors (Lipinski definition) is 6. The number of para-hydroxylation sites is 1. The first-order valence-corrected chi connectivity index (χ1v) is 9.88. The number of aromatic nitrogens is 6. The molecule has 0 bridgehead atoms. The van der Waals surface area contributed by atoms with Gasteiger partial charge in [-0.1, -0.05) is 42.5 Å². The Balaban J connectivity index is 1.57. The number of anilines is 1. The Kier molecular flexibility index (Phi) is 4.51. The van der Waals surface area contributed by atoms with Gasteiger partial charge in [0.05, 0.1) is 23.8 Å². The second-order valence-corrected chi connectivity index (χ2v) is 6.91. The van der Waals surface area contributed by atoms with Crippen molar-refractivity contribution < 1.29 is 4.74 Å². The van der Waals surface area contributed by atoms with Crippen molar-refractivity contribution in [2.24, 2.45) is 0 Å². The second-order valence-electron chi connectivity index (χ2n) is 6.91. The molecule has 150 valence electrons. The van der Waals surface area contributed by atoms with Gasteiger partial charge in [0.15, 0.2) is 17.1 Å². The molecule has 5 rings (SSSR count). The molecule has 0 spiro atoms. The third-order valence-corrected chi connectivity index (χ3v) is 4.98. The minimum absolute atomic E-state index is 0.270. The van der Waals surface area contributed by atoms with Crippen LogP contribution in [0.1, 0.15) is 12.5 Å². The van der Waals surface area contributed by atoms with E-state index in [-0.39, 0.29) is 5.95 Å². The molecule has 2 aromatic carbocycles. The van der Waals surface area contributed by atoms with Crippen LogP contribution in [0.5, 0.6) is 5.75 Å². The Morgan fingerprint density at radius 1 is 0.967 bits per heavy atom. The molecule has 3 aromatic heterocycles. The van der Waals surface area contributed by atoms with Crippen molar-refractivity contribution in [3.8, 4) is 17.1 Å². The molecule has 30 heavy (non-hydrogen) atoms. The topological polar surface area (TPSA) is 96.2 Å². The van der Waals surface area contributed by atoms with E-state index in [4.69, 9.17) is 15.5 Å². The predicted octanol–water partition coefficient (Wildman–Crippen LogP) is 3.36. The molecule has 3 heterocycles. The number of benzene rings is 2.